The standard InChI is InChI=1S/C31H30N6O3S/c1-2-3-4-8-15-26-27(30(39)40)37(31(41-26)32-29(38)23-11-6-5-7-12-23)20-21-16-18-22(19-17-21)24-13-9-10-14-25(24)28-33-35-36-34-28/h5-7,9-14,16-19H,2-4,8,15,20H2,1H3,(H,39,40)(H,33,34,35,36). The molecule has 208 valence electrons. The minimum atomic E-state index is -1.02. The first kappa shape index (κ1) is 27.9. The van der Waals surface area contributed by atoms with Gasteiger partial charge < -0.3 is 9.67 Å². The number of thiazole rings is 1. The summed E-state index contributed by atoms with van der Waals surface area (Å²) in [6.07, 6.45) is 4.73. The molecule has 0 saturated heterocycles. The van der Waals surface area contributed by atoms with Crippen molar-refractivity contribution in [3.63, 3.8) is 0 Å². The molecule has 41 heavy (non-hydrogen) atoms. The molecule has 0 spiro atoms. The van der Waals surface area contributed by atoms with Crippen LogP contribution >= 0.6 is 11.3 Å². The molecule has 0 saturated carbocycles. The third kappa shape index (κ3) is 6.55. The lowest BCUT2D eigenvalue weighted by molar-refractivity contribution is 0.0683. The Morgan fingerprint density at radius 3 is 2.34 bits per heavy atom. The summed E-state index contributed by atoms with van der Waals surface area (Å²) in [6.45, 7) is 2.41. The maximum Gasteiger partial charge on any atom is 0.353 e. The fraction of sp³-hybridized carbons (Fsp3) is 0.226. The minimum Gasteiger partial charge on any atom is -0.477 e. The molecular weight excluding hydrogens is 536 g/mol. The maximum atomic E-state index is 13.0. The summed E-state index contributed by atoms with van der Waals surface area (Å²) >= 11 is 1.29. The number of carboxylic acids is 1. The highest BCUT2D eigenvalue weighted by Gasteiger charge is 2.21. The number of aryl methyl sites for hydroxylation is 1. The van der Waals surface area contributed by atoms with Gasteiger partial charge in [-0.2, -0.15) is 10.2 Å². The molecule has 5 aromatic rings. The summed E-state index contributed by atoms with van der Waals surface area (Å²) in [6, 6.07) is 24.5. The molecule has 0 aliphatic rings. The second kappa shape index (κ2) is 13.1. The summed E-state index contributed by atoms with van der Waals surface area (Å²) < 4.78 is 1.66. The van der Waals surface area contributed by atoms with Crippen molar-refractivity contribution in [2.45, 2.75) is 45.6 Å². The van der Waals surface area contributed by atoms with Gasteiger partial charge in [-0.25, -0.2) is 4.79 Å². The van der Waals surface area contributed by atoms with E-state index in [1.807, 2.05) is 54.6 Å². The van der Waals surface area contributed by atoms with Crippen LogP contribution < -0.4 is 4.80 Å². The number of hydrogen-bond acceptors (Lipinski definition) is 6. The highest BCUT2D eigenvalue weighted by Crippen LogP contribution is 2.30. The normalized spacial score (nSPS) is 11.6. The Hall–Kier alpha value is -4.70. The fourth-order valence-corrected chi connectivity index (χ4v) is 5.87. The van der Waals surface area contributed by atoms with E-state index in [1.54, 1.807) is 28.8 Å². The van der Waals surface area contributed by atoms with Gasteiger partial charge in [-0.05, 0) is 46.9 Å². The zero-order valence-corrected chi connectivity index (χ0v) is 23.5. The molecule has 0 aliphatic heterocycles. The van der Waals surface area contributed by atoms with E-state index in [9.17, 15) is 14.7 Å². The molecule has 0 aliphatic carbocycles. The maximum absolute atomic E-state index is 13.0. The van der Waals surface area contributed by atoms with Gasteiger partial charge in [0.05, 0.1) is 6.54 Å². The molecule has 5 rings (SSSR count). The van der Waals surface area contributed by atoms with Crippen LogP contribution in [0.15, 0.2) is 83.9 Å². The number of aromatic nitrogens is 5. The number of nitrogens with one attached hydrogen (secondary N) is 1. The molecule has 0 radical (unpaired) electrons. The third-order valence-corrected chi connectivity index (χ3v) is 7.91. The predicted octanol–water partition coefficient (Wildman–Crippen LogP) is 6.01. The Bertz CT molecular complexity index is 1690. The predicted molar refractivity (Wildman–Crippen MR) is 158 cm³/mol. The van der Waals surface area contributed by atoms with Crippen molar-refractivity contribution in [3.8, 4) is 22.5 Å². The molecule has 0 unspecified atom stereocenters. The van der Waals surface area contributed by atoms with Crippen molar-refractivity contribution in [1.82, 2.24) is 25.2 Å². The van der Waals surface area contributed by atoms with Crippen LogP contribution in [0.1, 0.15) is 63.9 Å². The van der Waals surface area contributed by atoms with Crippen LogP contribution in [0.25, 0.3) is 22.5 Å². The summed E-state index contributed by atoms with van der Waals surface area (Å²) in [4.78, 5) is 31.0. The van der Waals surface area contributed by atoms with Gasteiger partial charge in [-0.1, -0.05) is 92.9 Å². The van der Waals surface area contributed by atoms with E-state index in [-0.39, 0.29) is 12.2 Å². The number of benzene rings is 3. The number of amides is 1. The monoisotopic (exact) mass is 566 g/mol. The van der Waals surface area contributed by atoms with E-state index in [0.29, 0.717) is 22.6 Å². The molecular formula is C31H30N6O3S. The van der Waals surface area contributed by atoms with Crippen molar-refractivity contribution in [3.05, 3.63) is 105 Å². The first-order valence-electron chi connectivity index (χ1n) is 13.6. The SMILES string of the molecule is CCCCCCc1sc(=NC(=O)c2ccccc2)n(Cc2ccc(-c3ccccc3-c3nn[nH]n3)cc2)c1C(=O)O. The Balaban J connectivity index is 1.51. The molecule has 0 atom stereocenters. The Labute approximate surface area is 241 Å². The number of carbonyl (C=O) groups excluding carboxylic acids is 1. The average Bonchev–Trinajstić information content (AvgIpc) is 3.65. The number of aromatic amines is 1. The van der Waals surface area contributed by atoms with E-state index in [0.717, 1.165) is 52.8 Å². The molecule has 2 aromatic heterocycles. The lowest BCUT2D eigenvalue weighted by Gasteiger charge is -2.10. The van der Waals surface area contributed by atoms with E-state index >= 15 is 0 Å². The largest absolute Gasteiger partial charge is 0.477 e. The smallest absolute Gasteiger partial charge is 0.353 e. The average molecular weight is 567 g/mol. The summed E-state index contributed by atoms with van der Waals surface area (Å²) in [7, 11) is 0. The number of H-pyrrole nitrogens is 1. The number of tetrazole rings is 1. The third-order valence-electron chi connectivity index (χ3n) is 6.78. The van der Waals surface area contributed by atoms with Crippen molar-refractivity contribution in [2.24, 2.45) is 4.99 Å². The number of aromatic carboxylic acids is 1. The number of carboxylic acid groups (broad SMARTS) is 1. The van der Waals surface area contributed by atoms with Gasteiger partial charge in [-0.15, -0.1) is 21.5 Å². The highest BCUT2D eigenvalue weighted by molar-refractivity contribution is 7.09. The fourth-order valence-electron chi connectivity index (χ4n) is 4.72. The van der Waals surface area contributed by atoms with Gasteiger partial charge in [-0.3, -0.25) is 4.79 Å². The highest BCUT2D eigenvalue weighted by atomic mass is 32.1. The first-order valence-corrected chi connectivity index (χ1v) is 14.4. The lowest BCUT2D eigenvalue weighted by atomic mass is 9.98. The minimum absolute atomic E-state index is 0.192. The van der Waals surface area contributed by atoms with Crippen LogP contribution in [0.2, 0.25) is 0 Å². The topological polar surface area (TPSA) is 126 Å². The summed E-state index contributed by atoms with van der Waals surface area (Å²) in [5, 5.41) is 24.7. The Morgan fingerprint density at radius 1 is 0.927 bits per heavy atom. The van der Waals surface area contributed by atoms with E-state index in [1.165, 1.54) is 11.3 Å². The Kier molecular flexibility index (Phi) is 8.90. The molecule has 0 bridgehead atoms. The van der Waals surface area contributed by atoms with Gasteiger partial charge in [0, 0.05) is 16.0 Å². The number of unbranched alkanes of at least 4 members (excludes halogenated alkanes) is 3. The Morgan fingerprint density at radius 2 is 1.66 bits per heavy atom. The van der Waals surface area contributed by atoms with E-state index < -0.39 is 11.9 Å². The summed E-state index contributed by atoms with van der Waals surface area (Å²) in [5.74, 6) is -0.917. The van der Waals surface area contributed by atoms with Crippen molar-refractivity contribution >= 4 is 23.2 Å². The van der Waals surface area contributed by atoms with E-state index in [4.69, 9.17) is 0 Å². The van der Waals surface area contributed by atoms with Crippen molar-refractivity contribution in [2.75, 3.05) is 0 Å². The van der Waals surface area contributed by atoms with Crippen LogP contribution in [0.3, 0.4) is 0 Å². The van der Waals surface area contributed by atoms with Gasteiger partial charge in [0.15, 0.2) is 4.80 Å². The number of hydrogen-bond donors (Lipinski definition) is 2. The van der Waals surface area contributed by atoms with Crippen molar-refractivity contribution < 1.29 is 14.7 Å². The number of rotatable bonds is 11. The number of carbonyl (C=O) groups is 2. The van der Waals surface area contributed by atoms with Crippen LogP contribution in [-0.4, -0.2) is 42.2 Å². The molecule has 1 amide bonds. The van der Waals surface area contributed by atoms with Crippen LogP contribution in [0.4, 0.5) is 0 Å². The second-order valence-electron chi connectivity index (χ2n) is 9.62. The lowest BCUT2D eigenvalue weighted by Crippen LogP contribution is -2.22. The first-order chi connectivity index (χ1) is 20.0. The number of nitrogens with zero attached hydrogens (tertiary/aromatic N) is 5. The van der Waals surface area contributed by atoms with Gasteiger partial charge in [0.25, 0.3) is 5.91 Å². The zero-order chi connectivity index (χ0) is 28.6. The van der Waals surface area contributed by atoms with Crippen molar-refractivity contribution in [1.29, 1.82) is 0 Å². The molecule has 2 heterocycles. The molecule has 10 heteroatoms. The van der Waals surface area contributed by atoms with Gasteiger partial charge >= 0.3 is 5.97 Å². The van der Waals surface area contributed by atoms with Gasteiger partial charge in [0.1, 0.15) is 5.69 Å². The zero-order valence-electron chi connectivity index (χ0n) is 22.7. The molecule has 2 N–H and O–H groups in total. The molecule has 0 fully saturated rings. The molecule has 9 nitrogen and oxygen atoms in total. The summed E-state index contributed by atoms with van der Waals surface area (Å²) in [5.41, 5.74) is 4.30. The quantitative estimate of drug-likeness (QED) is 0.189. The van der Waals surface area contributed by atoms with Crippen LogP contribution in [0, 0.1) is 0 Å². The second-order valence-corrected chi connectivity index (χ2v) is 10.7. The molecule has 3 aromatic carbocycles. The van der Waals surface area contributed by atoms with Crippen LogP contribution in [0.5, 0.6) is 0 Å². The van der Waals surface area contributed by atoms with Crippen LogP contribution in [-0.2, 0) is 13.0 Å². The van der Waals surface area contributed by atoms with E-state index in [2.05, 4.69) is 32.5 Å². The van der Waals surface area contributed by atoms with Gasteiger partial charge in [0.2, 0.25) is 5.82 Å².